The van der Waals surface area contributed by atoms with Gasteiger partial charge in [-0.3, -0.25) is 0 Å². The minimum absolute atomic E-state index is 0.00264. The molecule has 0 aliphatic heterocycles. The maximum atomic E-state index is 2.50. The van der Waals surface area contributed by atoms with Crippen LogP contribution in [0.4, 0.5) is 11.4 Å². The molecule has 5 rings (SSSR count). The standard InChI is InChI=1S/C31H31N/c1-30(2,3)32(24-20-18-23(19-21-24)22-12-7-6-8-13-22)28-17-11-16-27-29(28)25-14-9-10-15-26(25)31(27,4)5/h6-21H,1-5H3. The van der Waals surface area contributed by atoms with Crippen LogP contribution in [0.15, 0.2) is 97.1 Å². The first-order valence-electron chi connectivity index (χ1n) is 11.5. The van der Waals surface area contributed by atoms with Crippen LogP contribution in [0.2, 0.25) is 0 Å². The smallest absolute Gasteiger partial charge is 0.0498 e. The van der Waals surface area contributed by atoms with Crippen molar-refractivity contribution in [3.63, 3.8) is 0 Å². The highest BCUT2D eigenvalue weighted by atomic mass is 15.2. The Labute approximate surface area is 192 Å². The molecule has 0 amide bonds. The molecule has 1 nitrogen and oxygen atoms in total. The van der Waals surface area contributed by atoms with E-state index in [0.29, 0.717) is 0 Å². The summed E-state index contributed by atoms with van der Waals surface area (Å²) in [6.45, 7) is 11.6. The molecule has 0 atom stereocenters. The van der Waals surface area contributed by atoms with Gasteiger partial charge < -0.3 is 4.90 Å². The van der Waals surface area contributed by atoms with Gasteiger partial charge in [-0.05, 0) is 66.8 Å². The molecule has 0 radical (unpaired) electrons. The van der Waals surface area contributed by atoms with Gasteiger partial charge in [-0.25, -0.2) is 0 Å². The Morgan fingerprint density at radius 3 is 1.88 bits per heavy atom. The minimum atomic E-state index is -0.0783. The second-order valence-corrected chi connectivity index (χ2v) is 10.3. The van der Waals surface area contributed by atoms with E-state index in [4.69, 9.17) is 0 Å². The van der Waals surface area contributed by atoms with E-state index >= 15 is 0 Å². The van der Waals surface area contributed by atoms with Gasteiger partial charge in [-0.1, -0.05) is 92.7 Å². The van der Waals surface area contributed by atoms with Crippen LogP contribution in [0.3, 0.4) is 0 Å². The Bertz CT molecular complexity index is 1260. The fourth-order valence-corrected chi connectivity index (χ4v) is 5.24. The van der Waals surface area contributed by atoms with Crippen molar-refractivity contribution in [1.82, 2.24) is 0 Å². The zero-order chi connectivity index (χ0) is 22.5. The van der Waals surface area contributed by atoms with Crippen molar-refractivity contribution in [3.05, 3.63) is 108 Å². The molecule has 4 aromatic carbocycles. The van der Waals surface area contributed by atoms with E-state index in [1.165, 1.54) is 44.8 Å². The van der Waals surface area contributed by atoms with Gasteiger partial charge in [0.1, 0.15) is 0 Å². The summed E-state index contributed by atoms with van der Waals surface area (Å²) in [7, 11) is 0. The average molecular weight is 418 g/mol. The highest BCUT2D eigenvalue weighted by molar-refractivity contribution is 5.92. The molecular weight excluding hydrogens is 386 g/mol. The van der Waals surface area contributed by atoms with E-state index in [2.05, 4.69) is 137 Å². The van der Waals surface area contributed by atoms with Crippen molar-refractivity contribution in [2.24, 2.45) is 0 Å². The summed E-state index contributed by atoms with van der Waals surface area (Å²) in [5, 5.41) is 0. The van der Waals surface area contributed by atoms with E-state index in [-0.39, 0.29) is 11.0 Å². The number of nitrogens with zero attached hydrogens (tertiary/aromatic N) is 1. The molecule has 0 saturated heterocycles. The zero-order valence-corrected chi connectivity index (χ0v) is 19.7. The molecule has 1 aliphatic rings. The largest absolute Gasteiger partial charge is 0.336 e. The molecule has 0 saturated carbocycles. The Morgan fingerprint density at radius 2 is 1.19 bits per heavy atom. The summed E-state index contributed by atoms with van der Waals surface area (Å²) in [5.41, 5.74) is 10.5. The SMILES string of the molecule is CC1(C)c2ccccc2-c2c(N(c3ccc(-c4ccccc4)cc3)C(C)(C)C)cccc21. The van der Waals surface area contributed by atoms with Crippen molar-refractivity contribution in [1.29, 1.82) is 0 Å². The number of hydrogen-bond acceptors (Lipinski definition) is 1. The molecule has 0 aromatic heterocycles. The molecule has 0 spiro atoms. The second kappa shape index (κ2) is 7.38. The molecule has 4 aromatic rings. The summed E-state index contributed by atoms with van der Waals surface area (Å²) in [6, 6.07) is 35.3. The monoisotopic (exact) mass is 417 g/mol. The quantitative estimate of drug-likeness (QED) is 0.322. The van der Waals surface area contributed by atoms with Crippen molar-refractivity contribution < 1.29 is 0 Å². The lowest BCUT2D eigenvalue weighted by Crippen LogP contribution is -2.38. The fourth-order valence-electron chi connectivity index (χ4n) is 5.24. The van der Waals surface area contributed by atoms with Crippen LogP contribution in [0.25, 0.3) is 22.3 Å². The fraction of sp³-hybridized carbons (Fsp3) is 0.226. The molecule has 32 heavy (non-hydrogen) atoms. The summed E-state index contributed by atoms with van der Waals surface area (Å²) in [5.74, 6) is 0. The third kappa shape index (κ3) is 3.24. The predicted molar refractivity (Wildman–Crippen MR) is 138 cm³/mol. The van der Waals surface area contributed by atoms with E-state index in [0.717, 1.165) is 0 Å². The Hall–Kier alpha value is -3.32. The van der Waals surface area contributed by atoms with Crippen molar-refractivity contribution in [2.75, 3.05) is 4.90 Å². The normalized spacial score (nSPS) is 14.0. The van der Waals surface area contributed by atoms with Crippen LogP contribution in [-0.2, 0) is 5.41 Å². The van der Waals surface area contributed by atoms with Crippen LogP contribution in [-0.4, -0.2) is 5.54 Å². The first-order valence-corrected chi connectivity index (χ1v) is 11.5. The summed E-state index contributed by atoms with van der Waals surface area (Å²) in [4.78, 5) is 2.50. The molecule has 1 aliphatic carbocycles. The van der Waals surface area contributed by atoms with Gasteiger partial charge in [-0.15, -0.1) is 0 Å². The Kier molecular flexibility index (Phi) is 4.74. The highest BCUT2D eigenvalue weighted by Crippen LogP contribution is 2.53. The van der Waals surface area contributed by atoms with E-state index in [1.807, 2.05) is 0 Å². The zero-order valence-electron chi connectivity index (χ0n) is 19.7. The van der Waals surface area contributed by atoms with Crippen molar-refractivity contribution >= 4 is 11.4 Å². The number of benzene rings is 4. The first kappa shape index (κ1) is 20.6. The van der Waals surface area contributed by atoms with Crippen LogP contribution >= 0.6 is 0 Å². The maximum absolute atomic E-state index is 2.50. The van der Waals surface area contributed by atoms with Gasteiger partial charge >= 0.3 is 0 Å². The molecule has 0 fully saturated rings. The third-order valence-electron chi connectivity index (χ3n) is 6.73. The number of hydrogen-bond donors (Lipinski definition) is 0. The maximum Gasteiger partial charge on any atom is 0.0498 e. The van der Waals surface area contributed by atoms with E-state index in [9.17, 15) is 0 Å². The molecule has 0 unspecified atom stereocenters. The van der Waals surface area contributed by atoms with Crippen LogP contribution < -0.4 is 4.90 Å². The number of fused-ring (bicyclic) bond motifs is 3. The van der Waals surface area contributed by atoms with Gasteiger partial charge in [0.05, 0.1) is 0 Å². The van der Waals surface area contributed by atoms with Crippen molar-refractivity contribution in [3.8, 4) is 22.3 Å². The first-order chi connectivity index (χ1) is 15.3. The van der Waals surface area contributed by atoms with Gasteiger partial charge in [0.2, 0.25) is 0 Å². The molecule has 0 bridgehead atoms. The summed E-state index contributed by atoms with van der Waals surface area (Å²) < 4.78 is 0. The third-order valence-corrected chi connectivity index (χ3v) is 6.73. The Balaban J connectivity index is 1.67. The lowest BCUT2D eigenvalue weighted by molar-refractivity contribution is 0.560. The van der Waals surface area contributed by atoms with Gasteiger partial charge in [0.25, 0.3) is 0 Å². The molecule has 160 valence electrons. The van der Waals surface area contributed by atoms with Gasteiger partial charge in [-0.2, -0.15) is 0 Å². The van der Waals surface area contributed by atoms with Crippen LogP contribution in [0.1, 0.15) is 45.7 Å². The molecule has 1 heteroatoms. The second-order valence-electron chi connectivity index (χ2n) is 10.3. The topological polar surface area (TPSA) is 3.24 Å². The van der Waals surface area contributed by atoms with E-state index < -0.39 is 0 Å². The number of anilines is 2. The lowest BCUT2D eigenvalue weighted by Gasteiger charge is -2.39. The summed E-state index contributed by atoms with van der Waals surface area (Å²) in [6.07, 6.45) is 0. The highest BCUT2D eigenvalue weighted by Gasteiger charge is 2.38. The summed E-state index contributed by atoms with van der Waals surface area (Å²) >= 11 is 0. The predicted octanol–water partition coefficient (Wildman–Crippen LogP) is 8.60. The van der Waals surface area contributed by atoms with Gasteiger partial charge in [0.15, 0.2) is 0 Å². The molecular formula is C31H31N. The lowest BCUT2D eigenvalue weighted by atomic mass is 9.82. The van der Waals surface area contributed by atoms with Gasteiger partial charge in [0, 0.05) is 27.9 Å². The Morgan fingerprint density at radius 1 is 0.594 bits per heavy atom. The van der Waals surface area contributed by atoms with Crippen LogP contribution in [0, 0.1) is 0 Å². The van der Waals surface area contributed by atoms with Crippen molar-refractivity contribution in [2.45, 2.75) is 45.6 Å². The average Bonchev–Trinajstić information content (AvgIpc) is 3.02. The van der Waals surface area contributed by atoms with E-state index in [1.54, 1.807) is 0 Å². The molecule has 0 N–H and O–H groups in total. The minimum Gasteiger partial charge on any atom is -0.336 e. The molecule has 0 heterocycles. The number of rotatable bonds is 3. The van der Waals surface area contributed by atoms with Crippen LogP contribution in [0.5, 0.6) is 0 Å².